The average Bonchev–Trinajstić information content (AvgIpc) is 2.67. The predicted molar refractivity (Wildman–Crippen MR) is 113 cm³/mol. The molecule has 0 amide bonds. The van der Waals surface area contributed by atoms with Crippen molar-refractivity contribution in [2.24, 2.45) is 0 Å². The molecule has 0 heterocycles. The van der Waals surface area contributed by atoms with E-state index in [4.69, 9.17) is 15.4 Å². The molecule has 7 heteroatoms. The number of carboxylic acids is 2. The summed E-state index contributed by atoms with van der Waals surface area (Å²) in [6.45, 7) is 2.71. The van der Waals surface area contributed by atoms with Gasteiger partial charge >= 0.3 is 11.9 Å². The van der Waals surface area contributed by atoms with Crippen molar-refractivity contribution in [2.75, 3.05) is 5.75 Å². The van der Waals surface area contributed by atoms with E-state index < -0.39 is 17.5 Å². The van der Waals surface area contributed by atoms with Crippen molar-refractivity contribution in [1.82, 2.24) is 5.48 Å². The molecular formula is C21H35NO5S. The Hall–Kier alpha value is -1.57. The number of hydrogen-bond acceptors (Lipinski definition) is 5. The van der Waals surface area contributed by atoms with E-state index >= 15 is 0 Å². The highest BCUT2D eigenvalue weighted by molar-refractivity contribution is 7.99. The van der Waals surface area contributed by atoms with Crippen molar-refractivity contribution in [2.45, 2.75) is 82.1 Å². The van der Waals surface area contributed by atoms with Gasteiger partial charge in [-0.1, -0.05) is 56.7 Å². The zero-order valence-electron chi connectivity index (χ0n) is 17.0. The van der Waals surface area contributed by atoms with Crippen LogP contribution >= 0.6 is 11.8 Å². The molecule has 0 bridgehead atoms. The fourth-order valence-corrected chi connectivity index (χ4v) is 3.13. The van der Waals surface area contributed by atoms with Gasteiger partial charge in [-0.3, -0.25) is 9.59 Å². The largest absolute Gasteiger partial charge is 0.481 e. The number of carbonyl (C=O) groups is 2. The van der Waals surface area contributed by atoms with Crippen LogP contribution in [-0.2, 0) is 9.59 Å². The Morgan fingerprint density at radius 1 is 0.893 bits per heavy atom. The average molecular weight is 414 g/mol. The summed E-state index contributed by atoms with van der Waals surface area (Å²) in [5.74, 6) is -0.538. The second-order valence-electron chi connectivity index (χ2n) is 7.18. The minimum Gasteiger partial charge on any atom is -0.481 e. The first-order valence-corrected chi connectivity index (χ1v) is 10.8. The molecule has 6 nitrogen and oxygen atoms in total. The lowest BCUT2D eigenvalue weighted by molar-refractivity contribution is -0.147. The Bertz CT molecular complexity index is 537. The molecule has 0 aliphatic heterocycles. The summed E-state index contributed by atoms with van der Waals surface area (Å²) in [5.41, 5.74) is 0.405. The quantitative estimate of drug-likeness (QED) is 0.189. The fraction of sp³-hybridized carbons (Fsp3) is 0.619. The van der Waals surface area contributed by atoms with E-state index in [2.05, 4.69) is 30.3 Å². The van der Waals surface area contributed by atoms with Crippen LogP contribution in [0.5, 0.6) is 0 Å². The van der Waals surface area contributed by atoms with Gasteiger partial charge in [-0.25, -0.2) is 0 Å². The third kappa shape index (κ3) is 15.5. The first-order chi connectivity index (χ1) is 13.3. The van der Waals surface area contributed by atoms with Crippen LogP contribution in [-0.4, -0.2) is 38.7 Å². The van der Waals surface area contributed by atoms with Gasteiger partial charge < -0.3 is 15.4 Å². The smallest absolute Gasteiger partial charge is 0.325 e. The van der Waals surface area contributed by atoms with Gasteiger partial charge in [0.2, 0.25) is 0 Å². The number of benzene rings is 1. The van der Waals surface area contributed by atoms with E-state index in [0.717, 1.165) is 12.8 Å². The molecule has 28 heavy (non-hydrogen) atoms. The maximum Gasteiger partial charge on any atom is 0.325 e. The van der Waals surface area contributed by atoms with Crippen molar-refractivity contribution in [3.8, 4) is 0 Å². The summed E-state index contributed by atoms with van der Waals surface area (Å²) in [6, 6.07) is 10.6. The van der Waals surface area contributed by atoms with E-state index in [1.807, 2.05) is 11.8 Å². The molecule has 0 fully saturated rings. The molecule has 0 aromatic heterocycles. The van der Waals surface area contributed by atoms with Crippen LogP contribution in [0.3, 0.4) is 0 Å². The Morgan fingerprint density at radius 2 is 1.39 bits per heavy atom. The highest BCUT2D eigenvalue weighted by atomic mass is 32.2. The number of rotatable bonds is 14. The van der Waals surface area contributed by atoms with E-state index in [-0.39, 0.29) is 0 Å². The highest BCUT2D eigenvalue weighted by Gasteiger charge is 2.25. The molecule has 0 aliphatic carbocycles. The van der Waals surface area contributed by atoms with E-state index in [1.165, 1.54) is 63.0 Å². The molecular weight excluding hydrogens is 378 g/mol. The van der Waals surface area contributed by atoms with Crippen LogP contribution in [0, 0.1) is 0 Å². The molecule has 0 aliphatic rings. The molecule has 0 unspecified atom stereocenters. The van der Waals surface area contributed by atoms with Gasteiger partial charge in [0.05, 0.1) is 0 Å². The van der Waals surface area contributed by atoms with Crippen LogP contribution in [0.1, 0.15) is 71.6 Å². The van der Waals surface area contributed by atoms with Crippen molar-refractivity contribution in [3.05, 3.63) is 30.3 Å². The maximum atomic E-state index is 10.3. The first-order valence-electron chi connectivity index (χ1n) is 9.84. The molecule has 0 saturated carbocycles. The zero-order chi connectivity index (χ0) is 21.3. The summed E-state index contributed by atoms with van der Waals surface area (Å²) < 4.78 is 0. The van der Waals surface area contributed by atoms with Crippen molar-refractivity contribution in [3.63, 3.8) is 0 Å². The van der Waals surface area contributed by atoms with Crippen LogP contribution < -0.4 is 5.48 Å². The van der Waals surface area contributed by atoms with Crippen molar-refractivity contribution < 1.29 is 25.0 Å². The number of carboxylic acid groups (broad SMARTS) is 2. The minimum atomic E-state index is -1.24. The monoisotopic (exact) mass is 413 g/mol. The normalized spacial score (nSPS) is 10.8. The first kappa shape index (κ1) is 26.4. The van der Waals surface area contributed by atoms with Crippen molar-refractivity contribution >= 4 is 23.7 Å². The van der Waals surface area contributed by atoms with E-state index in [9.17, 15) is 9.59 Å². The molecule has 0 saturated heterocycles. The number of aliphatic carboxylic acids is 2. The second kappa shape index (κ2) is 16.4. The Morgan fingerprint density at radius 3 is 1.82 bits per heavy atom. The van der Waals surface area contributed by atoms with Gasteiger partial charge in [-0.2, -0.15) is 5.48 Å². The van der Waals surface area contributed by atoms with Crippen LogP contribution in [0.15, 0.2) is 35.2 Å². The SMILES string of the molecule is CC(C)(NO)C(=O)O.O=C(O)CCCCCCCCCCSc1ccccc1. The number of unbranched alkanes of at least 4 members (excludes halogenated alkanes) is 7. The Labute approximate surface area is 172 Å². The topological polar surface area (TPSA) is 107 Å². The standard InChI is InChI=1S/C17H26O2S.C4H9NO3/c18-17(19)14-10-5-3-1-2-4-6-11-15-20-16-12-8-7-9-13-16;1-4(2,5-8)3(6)7/h7-9,12-13H,1-6,10-11,14-15H2,(H,18,19);5,8H,1-2H3,(H,6,7). The van der Waals surface area contributed by atoms with Gasteiger partial charge in [0, 0.05) is 11.3 Å². The molecule has 1 aromatic rings. The van der Waals surface area contributed by atoms with Crippen LogP contribution in [0.2, 0.25) is 0 Å². The molecule has 1 rings (SSSR count). The lowest BCUT2D eigenvalue weighted by Gasteiger charge is -2.14. The lowest BCUT2D eigenvalue weighted by atomic mass is 10.1. The summed E-state index contributed by atoms with van der Waals surface area (Å²) in [4.78, 5) is 21.7. The second-order valence-corrected chi connectivity index (χ2v) is 8.34. The van der Waals surface area contributed by atoms with Gasteiger partial charge in [-0.05, 0) is 44.6 Å². The predicted octanol–water partition coefficient (Wildman–Crippen LogP) is 5.20. The molecule has 0 radical (unpaired) electrons. The molecule has 0 spiro atoms. The van der Waals surface area contributed by atoms with E-state index in [1.54, 1.807) is 5.48 Å². The van der Waals surface area contributed by atoms with Gasteiger partial charge in [0.25, 0.3) is 0 Å². The number of thioether (sulfide) groups is 1. The third-order valence-electron chi connectivity index (χ3n) is 4.11. The minimum absolute atomic E-state index is 0.330. The molecule has 1 aromatic carbocycles. The molecule has 0 atom stereocenters. The van der Waals surface area contributed by atoms with Crippen LogP contribution in [0.25, 0.3) is 0 Å². The van der Waals surface area contributed by atoms with Gasteiger partial charge in [0.15, 0.2) is 0 Å². The van der Waals surface area contributed by atoms with Gasteiger partial charge in [0.1, 0.15) is 5.54 Å². The summed E-state index contributed by atoms with van der Waals surface area (Å²) >= 11 is 1.94. The Kier molecular flexibility index (Phi) is 15.5. The Balaban J connectivity index is 0.000000769. The number of nitrogens with one attached hydrogen (secondary N) is 1. The number of hydroxylamine groups is 1. The summed E-state index contributed by atoms with van der Waals surface area (Å²) in [7, 11) is 0. The molecule has 4 N–H and O–H groups in total. The van der Waals surface area contributed by atoms with Crippen molar-refractivity contribution in [1.29, 1.82) is 0 Å². The number of hydrogen-bond donors (Lipinski definition) is 4. The molecule has 160 valence electrons. The lowest BCUT2D eigenvalue weighted by Crippen LogP contribution is -2.44. The third-order valence-corrected chi connectivity index (χ3v) is 5.21. The summed E-state index contributed by atoms with van der Waals surface area (Å²) in [5, 5.41) is 24.9. The summed E-state index contributed by atoms with van der Waals surface area (Å²) in [6.07, 6.45) is 9.89. The van der Waals surface area contributed by atoms with Gasteiger partial charge in [-0.15, -0.1) is 11.8 Å². The van der Waals surface area contributed by atoms with Crippen LogP contribution in [0.4, 0.5) is 0 Å². The van der Waals surface area contributed by atoms with E-state index in [0.29, 0.717) is 6.42 Å². The fourth-order valence-electron chi connectivity index (χ4n) is 2.19. The zero-order valence-corrected chi connectivity index (χ0v) is 17.8. The highest BCUT2D eigenvalue weighted by Crippen LogP contribution is 2.19. The maximum absolute atomic E-state index is 10.3.